The second-order valence-corrected chi connectivity index (χ2v) is 8.06. The first-order chi connectivity index (χ1) is 14.5. The summed E-state index contributed by atoms with van der Waals surface area (Å²) in [5.41, 5.74) is 2.19. The Morgan fingerprint density at radius 3 is 2.53 bits per heavy atom. The number of benzene rings is 3. The van der Waals surface area contributed by atoms with E-state index in [1.165, 1.54) is 0 Å². The molecule has 1 aliphatic rings. The number of morpholine rings is 1. The molecule has 1 fully saturated rings. The van der Waals surface area contributed by atoms with E-state index < -0.39 is 0 Å². The molecule has 4 rings (SSSR count). The van der Waals surface area contributed by atoms with E-state index in [9.17, 15) is 4.79 Å². The fourth-order valence-corrected chi connectivity index (χ4v) is 4.09. The summed E-state index contributed by atoms with van der Waals surface area (Å²) in [6.07, 6.45) is 0. The van der Waals surface area contributed by atoms with Crippen LogP contribution in [0.2, 0.25) is 10.0 Å². The Kier molecular flexibility index (Phi) is 6.39. The van der Waals surface area contributed by atoms with E-state index >= 15 is 0 Å². The zero-order valence-corrected chi connectivity index (χ0v) is 18.3. The molecule has 1 saturated heterocycles. The van der Waals surface area contributed by atoms with E-state index in [0.29, 0.717) is 28.8 Å². The van der Waals surface area contributed by atoms with Crippen LogP contribution < -0.4 is 15.5 Å². The van der Waals surface area contributed by atoms with Gasteiger partial charge in [0.15, 0.2) is 5.11 Å². The number of ether oxygens (including phenoxy) is 1. The maximum Gasteiger partial charge on any atom is 0.258 e. The fraction of sp³-hybridized carbons (Fsp3) is 0.182. The van der Waals surface area contributed by atoms with Crippen molar-refractivity contribution in [2.45, 2.75) is 0 Å². The van der Waals surface area contributed by atoms with Crippen LogP contribution in [0, 0.1) is 0 Å². The molecule has 0 aromatic heterocycles. The molecule has 0 aliphatic carbocycles. The lowest BCUT2D eigenvalue weighted by molar-refractivity contribution is 0.0979. The van der Waals surface area contributed by atoms with Crippen LogP contribution in [0.15, 0.2) is 54.6 Å². The lowest BCUT2D eigenvalue weighted by Gasteiger charge is -2.30. The predicted octanol–water partition coefficient (Wildman–Crippen LogP) is 5.11. The lowest BCUT2D eigenvalue weighted by atomic mass is 10.0. The van der Waals surface area contributed by atoms with Crippen LogP contribution >= 0.6 is 35.4 Å². The number of halogens is 2. The van der Waals surface area contributed by atoms with Crippen LogP contribution in [0.4, 0.5) is 11.4 Å². The molecular weight excluding hydrogens is 441 g/mol. The van der Waals surface area contributed by atoms with Gasteiger partial charge in [-0.25, -0.2) is 0 Å². The number of nitrogens with zero attached hydrogens (tertiary/aromatic N) is 1. The molecule has 0 spiro atoms. The minimum atomic E-state index is -0.310. The van der Waals surface area contributed by atoms with Gasteiger partial charge in [-0.15, -0.1) is 0 Å². The van der Waals surface area contributed by atoms with Gasteiger partial charge in [-0.3, -0.25) is 10.1 Å². The molecule has 154 valence electrons. The summed E-state index contributed by atoms with van der Waals surface area (Å²) >= 11 is 17.9. The average Bonchev–Trinajstić information content (AvgIpc) is 2.74. The van der Waals surface area contributed by atoms with Gasteiger partial charge in [0.1, 0.15) is 0 Å². The number of nitrogens with one attached hydrogen (secondary N) is 2. The number of amides is 1. The van der Waals surface area contributed by atoms with Gasteiger partial charge in [0.2, 0.25) is 0 Å². The highest BCUT2D eigenvalue weighted by molar-refractivity contribution is 7.80. The Hall–Kier alpha value is -2.38. The van der Waals surface area contributed by atoms with E-state index in [2.05, 4.69) is 15.5 Å². The summed E-state index contributed by atoms with van der Waals surface area (Å²) < 4.78 is 5.43. The molecule has 1 aliphatic heterocycles. The number of carbonyl (C=O) groups is 1. The molecule has 3 aromatic carbocycles. The van der Waals surface area contributed by atoms with Crippen molar-refractivity contribution in [1.82, 2.24) is 5.32 Å². The van der Waals surface area contributed by atoms with E-state index in [1.54, 1.807) is 24.3 Å². The Balaban J connectivity index is 1.54. The summed E-state index contributed by atoms with van der Waals surface area (Å²) in [5, 5.41) is 8.82. The molecular formula is C22H19Cl2N3O2S. The average molecular weight is 460 g/mol. The van der Waals surface area contributed by atoms with Crippen molar-refractivity contribution in [2.75, 3.05) is 36.5 Å². The summed E-state index contributed by atoms with van der Waals surface area (Å²) in [4.78, 5) is 15.1. The second-order valence-electron chi connectivity index (χ2n) is 6.81. The van der Waals surface area contributed by atoms with E-state index in [-0.39, 0.29) is 11.0 Å². The van der Waals surface area contributed by atoms with E-state index in [1.807, 2.05) is 30.3 Å². The first-order valence-electron chi connectivity index (χ1n) is 9.45. The molecule has 1 amide bonds. The van der Waals surface area contributed by atoms with Crippen molar-refractivity contribution in [2.24, 2.45) is 0 Å². The minimum Gasteiger partial charge on any atom is -0.378 e. The van der Waals surface area contributed by atoms with Gasteiger partial charge in [-0.2, -0.15) is 0 Å². The normalized spacial score (nSPS) is 13.9. The Labute approximate surface area is 189 Å². The Morgan fingerprint density at radius 1 is 1.00 bits per heavy atom. The van der Waals surface area contributed by atoms with Crippen molar-refractivity contribution in [3.63, 3.8) is 0 Å². The third kappa shape index (κ3) is 4.52. The molecule has 5 nitrogen and oxygen atoms in total. The third-order valence-corrected chi connectivity index (χ3v) is 5.67. The largest absolute Gasteiger partial charge is 0.378 e. The highest BCUT2D eigenvalue weighted by Gasteiger charge is 2.17. The highest BCUT2D eigenvalue weighted by Crippen LogP contribution is 2.30. The molecule has 0 unspecified atom stereocenters. The molecule has 1 heterocycles. The van der Waals surface area contributed by atoms with Crippen LogP contribution in [-0.4, -0.2) is 37.3 Å². The number of carbonyl (C=O) groups excluding carboxylic acids is 1. The number of thiocarbonyl (C=S) groups is 1. The van der Waals surface area contributed by atoms with E-state index in [0.717, 1.165) is 35.2 Å². The van der Waals surface area contributed by atoms with Gasteiger partial charge in [0.05, 0.1) is 24.6 Å². The van der Waals surface area contributed by atoms with Gasteiger partial charge in [0.25, 0.3) is 5.91 Å². The number of anilines is 2. The SMILES string of the molecule is O=C(NC(=S)Nc1cc(Cl)ccc1N1CCOCC1)c1cccc2c(Cl)cccc12. The standard InChI is InChI=1S/C22H19Cl2N3O2S/c23-14-7-8-20(27-9-11-29-12-10-27)19(13-14)25-22(30)26-21(28)17-5-1-4-16-15(17)3-2-6-18(16)24/h1-8,13H,9-12H2,(H2,25,26,28,30). The van der Waals surface area contributed by atoms with Crippen LogP contribution in [0.25, 0.3) is 10.8 Å². The van der Waals surface area contributed by atoms with Crippen molar-refractivity contribution < 1.29 is 9.53 Å². The monoisotopic (exact) mass is 459 g/mol. The molecule has 0 atom stereocenters. The van der Waals surface area contributed by atoms with Crippen molar-refractivity contribution >= 4 is 68.6 Å². The van der Waals surface area contributed by atoms with Gasteiger partial charge in [0, 0.05) is 34.1 Å². The molecule has 0 radical (unpaired) electrons. The van der Waals surface area contributed by atoms with Crippen molar-refractivity contribution in [1.29, 1.82) is 0 Å². The van der Waals surface area contributed by atoms with Crippen LogP contribution in [0.3, 0.4) is 0 Å². The summed E-state index contributed by atoms with van der Waals surface area (Å²) in [7, 11) is 0. The fourth-order valence-electron chi connectivity index (χ4n) is 3.48. The summed E-state index contributed by atoms with van der Waals surface area (Å²) in [5.74, 6) is -0.310. The summed E-state index contributed by atoms with van der Waals surface area (Å²) in [6.45, 7) is 2.86. The predicted molar refractivity (Wildman–Crippen MR) is 127 cm³/mol. The zero-order valence-electron chi connectivity index (χ0n) is 16.0. The number of fused-ring (bicyclic) bond motifs is 1. The van der Waals surface area contributed by atoms with Crippen LogP contribution in [-0.2, 0) is 4.74 Å². The molecule has 0 bridgehead atoms. The Morgan fingerprint density at radius 2 is 1.73 bits per heavy atom. The van der Waals surface area contributed by atoms with Crippen molar-refractivity contribution in [3.8, 4) is 0 Å². The molecule has 8 heteroatoms. The maximum atomic E-state index is 12.9. The molecule has 30 heavy (non-hydrogen) atoms. The van der Waals surface area contributed by atoms with Crippen molar-refractivity contribution in [3.05, 3.63) is 70.2 Å². The number of rotatable bonds is 3. The van der Waals surface area contributed by atoms with Gasteiger partial charge >= 0.3 is 0 Å². The minimum absolute atomic E-state index is 0.191. The quantitative estimate of drug-likeness (QED) is 0.532. The third-order valence-electron chi connectivity index (χ3n) is 4.90. The smallest absolute Gasteiger partial charge is 0.258 e. The first kappa shape index (κ1) is 20.9. The number of hydrogen-bond acceptors (Lipinski definition) is 4. The van der Waals surface area contributed by atoms with Crippen LogP contribution in [0.5, 0.6) is 0 Å². The lowest BCUT2D eigenvalue weighted by Crippen LogP contribution is -2.38. The molecule has 0 saturated carbocycles. The van der Waals surface area contributed by atoms with Gasteiger partial charge in [-0.1, -0.05) is 47.5 Å². The van der Waals surface area contributed by atoms with E-state index in [4.69, 9.17) is 40.2 Å². The van der Waals surface area contributed by atoms with Gasteiger partial charge in [-0.05, 0) is 47.9 Å². The highest BCUT2D eigenvalue weighted by atomic mass is 35.5. The molecule has 3 aromatic rings. The van der Waals surface area contributed by atoms with Crippen LogP contribution in [0.1, 0.15) is 10.4 Å². The first-order valence-corrected chi connectivity index (χ1v) is 10.6. The summed E-state index contributed by atoms with van der Waals surface area (Å²) in [6, 6.07) is 16.5. The van der Waals surface area contributed by atoms with Gasteiger partial charge < -0.3 is 15.0 Å². The molecule has 2 N–H and O–H groups in total. The zero-order chi connectivity index (χ0) is 21.1. The maximum absolute atomic E-state index is 12.9. The topological polar surface area (TPSA) is 53.6 Å². The Bertz CT molecular complexity index is 1120. The second kappa shape index (κ2) is 9.18. The number of hydrogen-bond donors (Lipinski definition) is 2.